The lowest BCUT2D eigenvalue weighted by Crippen LogP contribution is -1.99. The summed E-state index contributed by atoms with van der Waals surface area (Å²) in [6, 6.07) is 8.46. The molecule has 0 saturated heterocycles. The van der Waals surface area contributed by atoms with Gasteiger partial charge in [-0.3, -0.25) is 0 Å². The number of unbranched alkanes of at least 4 members (excludes halogenated alkanes) is 3. The van der Waals surface area contributed by atoms with E-state index in [1.54, 1.807) is 0 Å². The van der Waals surface area contributed by atoms with Crippen molar-refractivity contribution in [2.24, 2.45) is 5.73 Å². The first-order chi connectivity index (χ1) is 8.36. The molecule has 1 aromatic rings. The SMILES string of the molecule is CCCCCOc1ccc(CCCCN)cc1. The average Bonchev–Trinajstić information content (AvgIpc) is 2.37. The second kappa shape index (κ2) is 9.06. The fraction of sp³-hybridized carbons (Fsp3) is 0.600. The molecule has 0 aliphatic rings. The van der Waals surface area contributed by atoms with Crippen molar-refractivity contribution in [2.45, 2.75) is 45.4 Å². The number of benzene rings is 1. The van der Waals surface area contributed by atoms with Gasteiger partial charge in [0.15, 0.2) is 0 Å². The van der Waals surface area contributed by atoms with E-state index in [0.29, 0.717) is 0 Å². The molecule has 0 unspecified atom stereocenters. The predicted molar refractivity (Wildman–Crippen MR) is 73.5 cm³/mol. The standard InChI is InChI=1S/C15H25NO/c1-2-3-6-13-17-15-10-8-14(9-11-15)7-4-5-12-16/h8-11H,2-7,12-13,16H2,1H3. The number of rotatable bonds is 9. The molecule has 0 radical (unpaired) electrons. The molecule has 0 amide bonds. The first kappa shape index (κ1) is 14.0. The molecule has 17 heavy (non-hydrogen) atoms. The average molecular weight is 235 g/mol. The minimum atomic E-state index is 0.790. The van der Waals surface area contributed by atoms with E-state index in [-0.39, 0.29) is 0 Å². The highest BCUT2D eigenvalue weighted by Gasteiger charge is 1.96. The lowest BCUT2D eigenvalue weighted by molar-refractivity contribution is 0.306. The second-order valence-corrected chi connectivity index (χ2v) is 4.45. The van der Waals surface area contributed by atoms with Crippen LogP contribution in [0.5, 0.6) is 5.75 Å². The summed E-state index contributed by atoms with van der Waals surface area (Å²) in [5, 5.41) is 0. The van der Waals surface area contributed by atoms with Crippen molar-refractivity contribution >= 4 is 0 Å². The molecule has 0 saturated carbocycles. The van der Waals surface area contributed by atoms with Crippen molar-refractivity contribution in [1.82, 2.24) is 0 Å². The van der Waals surface area contributed by atoms with Crippen LogP contribution in [0.2, 0.25) is 0 Å². The maximum absolute atomic E-state index is 5.67. The van der Waals surface area contributed by atoms with Gasteiger partial charge < -0.3 is 10.5 Å². The molecule has 1 rings (SSSR count). The van der Waals surface area contributed by atoms with Gasteiger partial charge in [-0.25, -0.2) is 0 Å². The smallest absolute Gasteiger partial charge is 0.119 e. The maximum Gasteiger partial charge on any atom is 0.119 e. The van der Waals surface area contributed by atoms with E-state index in [1.807, 2.05) is 0 Å². The lowest BCUT2D eigenvalue weighted by Gasteiger charge is -2.06. The van der Waals surface area contributed by atoms with Crippen molar-refractivity contribution in [2.75, 3.05) is 13.2 Å². The number of ether oxygens (including phenoxy) is 1. The molecule has 0 spiro atoms. The minimum absolute atomic E-state index is 0.790. The van der Waals surface area contributed by atoms with E-state index in [9.17, 15) is 0 Å². The zero-order chi connectivity index (χ0) is 12.3. The maximum atomic E-state index is 5.67. The Labute approximate surface area is 105 Å². The van der Waals surface area contributed by atoms with Crippen molar-refractivity contribution in [3.63, 3.8) is 0 Å². The van der Waals surface area contributed by atoms with Crippen LogP contribution in [0.25, 0.3) is 0 Å². The summed E-state index contributed by atoms with van der Waals surface area (Å²) in [6.07, 6.45) is 7.03. The van der Waals surface area contributed by atoms with Gasteiger partial charge in [-0.2, -0.15) is 0 Å². The van der Waals surface area contributed by atoms with E-state index < -0.39 is 0 Å². The van der Waals surface area contributed by atoms with Crippen LogP contribution in [0.15, 0.2) is 24.3 Å². The van der Waals surface area contributed by atoms with Crippen molar-refractivity contribution < 1.29 is 4.74 Å². The van der Waals surface area contributed by atoms with E-state index >= 15 is 0 Å². The van der Waals surface area contributed by atoms with E-state index in [0.717, 1.165) is 38.2 Å². The van der Waals surface area contributed by atoms with Gasteiger partial charge in [0.25, 0.3) is 0 Å². The van der Waals surface area contributed by atoms with Crippen LogP contribution >= 0.6 is 0 Å². The molecular formula is C15H25NO. The summed E-state index contributed by atoms with van der Waals surface area (Å²) in [5.74, 6) is 0.990. The second-order valence-electron chi connectivity index (χ2n) is 4.45. The fourth-order valence-corrected chi connectivity index (χ4v) is 1.77. The number of hydrogen-bond acceptors (Lipinski definition) is 2. The van der Waals surface area contributed by atoms with Crippen LogP contribution in [-0.4, -0.2) is 13.2 Å². The Morgan fingerprint density at radius 2 is 1.76 bits per heavy atom. The summed E-state index contributed by atoms with van der Waals surface area (Å²) in [5.41, 5.74) is 6.85. The lowest BCUT2D eigenvalue weighted by atomic mass is 10.1. The zero-order valence-corrected chi connectivity index (χ0v) is 11.0. The number of aryl methyl sites for hydroxylation is 1. The van der Waals surface area contributed by atoms with Gasteiger partial charge in [-0.1, -0.05) is 31.9 Å². The normalized spacial score (nSPS) is 10.5. The third-order valence-corrected chi connectivity index (χ3v) is 2.86. The molecular weight excluding hydrogens is 210 g/mol. The highest BCUT2D eigenvalue weighted by atomic mass is 16.5. The number of hydrogen-bond donors (Lipinski definition) is 1. The highest BCUT2D eigenvalue weighted by Crippen LogP contribution is 2.14. The Morgan fingerprint density at radius 1 is 1.00 bits per heavy atom. The summed E-state index contributed by atoms with van der Waals surface area (Å²) in [7, 11) is 0. The van der Waals surface area contributed by atoms with Gasteiger partial charge >= 0.3 is 0 Å². The van der Waals surface area contributed by atoms with Gasteiger partial charge in [0, 0.05) is 0 Å². The topological polar surface area (TPSA) is 35.2 Å². The third kappa shape index (κ3) is 6.32. The quantitative estimate of drug-likeness (QED) is 0.664. The largest absolute Gasteiger partial charge is 0.494 e. The predicted octanol–water partition coefficient (Wildman–Crippen LogP) is 3.54. The van der Waals surface area contributed by atoms with E-state index in [2.05, 4.69) is 31.2 Å². The van der Waals surface area contributed by atoms with Gasteiger partial charge in [0.1, 0.15) is 5.75 Å². The van der Waals surface area contributed by atoms with Gasteiger partial charge in [-0.15, -0.1) is 0 Å². The van der Waals surface area contributed by atoms with E-state index in [1.165, 1.54) is 24.8 Å². The highest BCUT2D eigenvalue weighted by molar-refractivity contribution is 5.27. The molecule has 1 aromatic carbocycles. The van der Waals surface area contributed by atoms with Gasteiger partial charge in [0.05, 0.1) is 6.61 Å². The Morgan fingerprint density at radius 3 is 2.41 bits per heavy atom. The molecule has 2 nitrogen and oxygen atoms in total. The van der Waals surface area contributed by atoms with Gasteiger partial charge in [-0.05, 0) is 49.9 Å². The van der Waals surface area contributed by atoms with Crippen molar-refractivity contribution in [1.29, 1.82) is 0 Å². The minimum Gasteiger partial charge on any atom is -0.494 e. The van der Waals surface area contributed by atoms with Crippen LogP contribution in [0.3, 0.4) is 0 Å². The molecule has 0 heterocycles. The van der Waals surface area contributed by atoms with Crippen molar-refractivity contribution in [3.8, 4) is 5.75 Å². The molecule has 0 aromatic heterocycles. The third-order valence-electron chi connectivity index (χ3n) is 2.86. The molecule has 2 heteroatoms. The molecule has 0 atom stereocenters. The Kier molecular flexibility index (Phi) is 7.48. The van der Waals surface area contributed by atoms with E-state index in [4.69, 9.17) is 10.5 Å². The van der Waals surface area contributed by atoms with Crippen LogP contribution < -0.4 is 10.5 Å². The van der Waals surface area contributed by atoms with Crippen molar-refractivity contribution in [3.05, 3.63) is 29.8 Å². The molecule has 0 fully saturated rings. The van der Waals surface area contributed by atoms with Crippen LogP contribution in [0.4, 0.5) is 0 Å². The molecule has 96 valence electrons. The van der Waals surface area contributed by atoms with Crippen LogP contribution in [0, 0.1) is 0 Å². The summed E-state index contributed by atoms with van der Waals surface area (Å²) in [6.45, 7) is 3.83. The Hall–Kier alpha value is -1.02. The first-order valence-corrected chi connectivity index (χ1v) is 6.78. The van der Waals surface area contributed by atoms with Crippen LogP contribution in [-0.2, 0) is 6.42 Å². The Balaban J connectivity index is 2.24. The molecule has 0 aliphatic heterocycles. The Bertz CT molecular complexity index is 281. The monoisotopic (exact) mass is 235 g/mol. The first-order valence-electron chi connectivity index (χ1n) is 6.78. The fourth-order valence-electron chi connectivity index (χ4n) is 1.77. The molecule has 2 N–H and O–H groups in total. The summed E-state index contributed by atoms with van der Waals surface area (Å²) in [4.78, 5) is 0. The molecule has 0 bridgehead atoms. The van der Waals surface area contributed by atoms with Crippen LogP contribution in [0.1, 0.15) is 44.6 Å². The summed E-state index contributed by atoms with van der Waals surface area (Å²) < 4.78 is 5.67. The summed E-state index contributed by atoms with van der Waals surface area (Å²) >= 11 is 0. The molecule has 0 aliphatic carbocycles. The van der Waals surface area contributed by atoms with Gasteiger partial charge in [0.2, 0.25) is 0 Å². The number of nitrogens with two attached hydrogens (primary N) is 1. The zero-order valence-electron chi connectivity index (χ0n) is 11.0.